The summed E-state index contributed by atoms with van der Waals surface area (Å²) in [6.07, 6.45) is 1.24. The van der Waals surface area contributed by atoms with E-state index in [0.29, 0.717) is 0 Å². The van der Waals surface area contributed by atoms with E-state index in [2.05, 4.69) is 10.2 Å². The van der Waals surface area contributed by atoms with Crippen molar-refractivity contribution < 1.29 is 14.7 Å². The largest absolute Gasteiger partial charge is 0.480 e. The van der Waals surface area contributed by atoms with Crippen LogP contribution in [-0.2, 0) is 22.7 Å². The Bertz CT molecular complexity index is 776. The summed E-state index contributed by atoms with van der Waals surface area (Å²) in [7, 11) is 2.04. The molecule has 0 saturated carbocycles. The van der Waals surface area contributed by atoms with Crippen LogP contribution in [0, 0.1) is 6.92 Å². The van der Waals surface area contributed by atoms with Gasteiger partial charge in [0, 0.05) is 51.0 Å². The lowest BCUT2D eigenvalue weighted by Gasteiger charge is -2.31. The zero-order valence-electron chi connectivity index (χ0n) is 15.1. The van der Waals surface area contributed by atoms with Crippen LogP contribution in [-0.4, -0.2) is 82.2 Å². The highest BCUT2D eigenvalue weighted by Gasteiger charge is 2.16. The molecule has 26 heavy (non-hydrogen) atoms. The molecular formula is C16H25N5O5. The summed E-state index contributed by atoms with van der Waals surface area (Å²) in [6.45, 7) is 4.86. The van der Waals surface area contributed by atoms with Gasteiger partial charge >= 0.3 is 11.7 Å². The quantitative estimate of drug-likeness (QED) is 0.560. The number of amides is 1. The molecule has 1 aliphatic rings. The maximum Gasteiger partial charge on any atom is 0.331 e. The van der Waals surface area contributed by atoms with Crippen LogP contribution in [0.25, 0.3) is 0 Å². The number of carboxylic acid groups (broad SMARTS) is 1. The molecule has 2 N–H and O–H groups in total. The summed E-state index contributed by atoms with van der Waals surface area (Å²) in [5.74, 6) is -1.33. The monoisotopic (exact) mass is 367 g/mol. The molecule has 0 atom stereocenters. The number of likely N-dealkylation sites (N-methyl/N-ethyl adjacent to an activating group) is 1. The Morgan fingerprint density at radius 1 is 1.15 bits per heavy atom. The van der Waals surface area contributed by atoms with Crippen LogP contribution in [0.4, 0.5) is 0 Å². The Hall–Kier alpha value is -2.46. The maximum absolute atomic E-state index is 12.2. The van der Waals surface area contributed by atoms with E-state index in [1.54, 1.807) is 0 Å². The Morgan fingerprint density at radius 3 is 2.42 bits per heavy atom. The summed E-state index contributed by atoms with van der Waals surface area (Å²) in [5.41, 5.74) is -0.907. The molecule has 1 saturated heterocycles. The Balaban J connectivity index is 1.93. The minimum Gasteiger partial charge on any atom is -0.480 e. The predicted octanol–water partition coefficient (Wildman–Crippen LogP) is -2.23. The number of carbonyl (C=O) groups is 2. The molecule has 144 valence electrons. The summed E-state index contributed by atoms with van der Waals surface area (Å²) in [4.78, 5) is 51.5. The molecule has 10 nitrogen and oxygen atoms in total. The van der Waals surface area contributed by atoms with Gasteiger partial charge < -0.3 is 15.3 Å². The van der Waals surface area contributed by atoms with E-state index >= 15 is 0 Å². The van der Waals surface area contributed by atoms with E-state index in [9.17, 15) is 19.2 Å². The summed E-state index contributed by atoms with van der Waals surface area (Å²) >= 11 is 0. The van der Waals surface area contributed by atoms with Crippen molar-refractivity contribution in [3.05, 3.63) is 32.6 Å². The molecule has 10 heteroatoms. The minimum absolute atomic E-state index is 0.00650. The summed E-state index contributed by atoms with van der Waals surface area (Å²) in [6, 6.07) is 0. The average molecular weight is 367 g/mol. The van der Waals surface area contributed by atoms with Gasteiger partial charge in [-0.05, 0) is 14.0 Å². The van der Waals surface area contributed by atoms with Crippen molar-refractivity contribution in [3.8, 4) is 0 Å². The van der Waals surface area contributed by atoms with Crippen LogP contribution >= 0.6 is 0 Å². The molecule has 1 amide bonds. The third-order valence-corrected chi connectivity index (χ3v) is 4.33. The maximum atomic E-state index is 12.2. The van der Waals surface area contributed by atoms with Crippen molar-refractivity contribution in [2.24, 2.45) is 0 Å². The van der Waals surface area contributed by atoms with Gasteiger partial charge in [0.15, 0.2) is 0 Å². The zero-order chi connectivity index (χ0) is 19.3. The summed E-state index contributed by atoms with van der Waals surface area (Å²) in [5, 5.41) is 11.6. The van der Waals surface area contributed by atoms with Crippen LogP contribution in [0.15, 0.2) is 15.8 Å². The number of aromatic nitrogens is 2. The second-order valence-electron chi connectivity index (χ2n) is 6.50. The highest BCUT2D eigenvalue weighted by molar-refractivity contribution is 5.77. The summed E-state index contributed by atoms with van der Waals surface area (Å²) < 4.78 is 1.93. The first-order chi connectivity index (χ1) is 12.3. The van der Waals surface area contributed by atoms with Gasteiger partial charge in [0.1, 0.15) is 6.54 Å². The smallest absolute Gasteiger partial charge is 0.331 e. The molecule has 0 aromatic carbocycles. The fraction of sp³-hybridized carbons (Fsp3) is 0.625. The number of nitrogens with zero attached hydrogens (tertiary/aromatic N) is 4. The number of rotatable bonds is 7. The van der Waals surface area contributed by atoms with Crippen LogP contribution in [0.1, 0.15) is 5.56 Å². The van der Waals surface area contributed by atoms with Gasteiger partial charge in [-0.1, -0.05) is 0 Å². The van der Waals surface area contributed by atoms with Crippen molar-refractivity contribution >= 4 is 11.9 Å². The number of hydrogen-bond acceptors (Lipinski definition) is 6. The van der Waals surface area contributed by atoms with Gasteiger partial charge in [0.2, 0.25) is 5.91 Å². The van der Waals surface area contributed by atoms with Crippen LogP contribution in [0.3, 0.4) is 0 Å². The fourth-order valence-corrected chi connectivity index (χ4v) is 2.83. The number of carbonyl (C=O) groups excluding carboxylic acids is 1. The Labute approximate surface area is 150 Å². The van der Waals surface area contributed by atoms with Gasteiger partial charge in [0.25, 0.3) is 5.56 Å². The molecule has 1 aromatic heterocycles. The zero-order valence-corrected chi connectivity index (χ0v) is 15.1. The van der Waals surface area contributed by atoms with Crippen LogP contribution in [0.2, 0.25) is 0 Å². The van der Waals surface area contributed by atoms with Gasteiger partial charge in [-0.15, -0.1) is 0 Å². The van der Waals surface area contributed by atoms with E-state index in [1.807, 2.05) is 11.9 Å². The van der Waals surface area contributed by atoms with E-state index < -0.39 is 23.8 Å². The van der Waals surface area contributed by atoms with E-state index in [0.717, 1.165) is 35.3 Å². The number of hydrogen-bond donors (Lipinski definition) is 2. The van der Waals surface area contributed by atoms with Crippen molar-refractivity contribution in [1.82, 2.24) is 24.3 Å². The first kappa shape index (κ1) is 19.9. The van der Waals surface area contributed by atoms with Crippen molar-refractivity contribution in [1.29, 1.82) is 0 Å². The Morgan fingerprint density at radius 2 is 1.81 bits per heavy atom. The lowest BCUT2D eigenvalue weighted by atomic mass is 10.3. The third-order valence-electron chi connectivity index (χ3n) is 4.33. The highest BCUT2D eigenvalue weighted by Crippen LogP contribution is 1.97. The van der Waals surface area contributed by atoms with Gasteiger partial charge in [-0.2, -0.15) is 0 Å². The van der Waals surface area contributed by atoms with E-state index in [4.69, 9.17) is 5.11 Å². The first-order valence-corrected chi connectivity index (χ1v) is 8.48. The molecule has 1 fully saturated rings. The number of nitrogens with one attached hydrogen (secondary N) is 1. The van der Waals surface area contributed by atoms with Crippen molar-refractivity contribution in [2.45, 2.75) is 20.0 Å². The second kappa shape index (κ2) is 8.77. The molecule has 0 spiro atoms. The number of aryl methyl sites for hydroxylation is 1. The fourth-order valence-electron chi connectivity index (χ4n) is 2.83. The first-order valence-electron chi connectivity index (χ1n) is 8.48. The Kier molecular flexibility index (Phi) is 6.70. The van der Waals surface area contributed by atoms with Gasteiger partial charge in [0.05, 0.1) is 6.54 Å². The molecule has 2 heterocycles. The predicted molar refractivity (Wildman–Crippen MR) is 94.3 cm³/mol. The standard InChI is InChI=1S/C16H25N5O5/c1-12-9-20(11-14(23)24)16(26)21(15(12)25)4-3-17-13(22)10-19-7-5-18(2)6-8-19/h9H,3-8,10-11H2,1-2H3,(H,17,22)(H,23,24). The molecule has 1 aromatic rings. The highest BCUT2D eigenvalue weighted by atomic mass is 16.4. The van der Waals surface area contributed by atoms with E-state index in [1.165, 1.54) is 13.1 Å². The molecule has 0 aliphatic carbocycles. The van der Waals surface area contributed by atoms with Gasteiger partial charge in [-0.25, -0.2) is 4.79 Å². The average Bonchev–Trinajstić information content (AvgIpc) is 2.57. The third kappa shape index (κ3) is 5.27. The molecule has 2 rings (SSSR count). The lowest BCUT2D eigenvalue weighted by Crippen LogP contribution is -2.49. The topological polar surface area (TPSA) is 117 Å². The molecule has 0 unspecified atom stereocenters. The molecular weight excluding hydrogens is 342 g/mol. The SMILES string of the molecule is Cc1cn(CC(=O)O)c(=O)n(CCNC(=O)CN2CCN(C)CC2)c1=O. The van der Waals surface area contributed by atoms with Crippen molar-refractivity contribution in [2.75, 3.05) is 46.3 Å². The van der Waals surface area contributed by atoms with Crippen LogP contribution < -0.4 is 16.6 Å². The van der Waals surface area contributed by atoms with Crippen molar-refractivity contribution in [3.63, 3.8) is 0 Å². The second-order valence-corrected chi connectivity index (χ2v) is 6.50. The normalized spacial score (nSPS) is 15.8. The molecule has 1 aliphatic heterocycles. The molecule has 0 radical (unpaired) electrons. The number of piperazine rings is 1. The van der Waals surface area contributed by atoms with Crippen LogP contribution in [0.5, 0.6) is 0 Å². The number of aliphatic carboxylic acids is 1. The van der Waals surface area contributed by atoms with E-state index in [-0.39, 0.29) is 31.1 Å². The van der Waals surface area contributed by atoms with Gasteiger partial charge in [-0.3, -0.25) is 28.4 Å². The molecule has 0 bridgehead atoms. The lowest BCUT2D eigenvalue weighted by molar-refractivity contribution is -0.137. The number of carboxylic acids is 1. The minimum atomic E-state index is -1.17.